The fourth-order valence-corrected chi connectivity index (χ4v) is 4.38. The summed E-state index contributed by atoms with van der Waals surface area (Å²) >= 11 is 0. The number of anilines is 1. The van der Waals surface area contributed by atoms with Crippen LogP contribution in [-0.4, -0.2) is 67.5 Å². The first-order chi connectivity index (χ1) is 15.4. The third kappa shape index (κ3) is 5.96. The van der Waals surface area contributed by atoms with E-state index in [0.717, 1.165) is 0 Å². The van der Waals surface area contributed by atoms with Crippen molar-refractivity contribution in [2.45, 2.75) is 71.4 Å². The number of phosphoric acid groups is 1. The Hall–Kier alpha value is -2.35. The molecule has 0 saturated carbocycles. The molecule has 184 valence electrons. The Labute approximate surface area is 189 Å². The number of fused-ring (bicyclic) bond motifs is 1. The Morgan fingerprint density at radius 1 is 1.33 bits per heavy atom. The highest BCUT2D eigenvalue weighted by atomic mass is 31.2. The topological polar surface area (TPSA) is 190 Å². The molecule has 0 aliphatic carbocycles. The molecule has 1 fully saturated rings. The highest BCUT2D eigenvalue weighted by Gasteiger charge is 2.50. The summed E-state index contributed by atoms with van der Waals surface area (Å²) in [5, 5.41) is 0. The zero-order valence-corrected chi connectivity index (χ0v) is 19.7. The lowest BCUT2D eigenvalue weighted by atomic mass is 10.1. The van der Waals surface area contributed by atoms with Gasteiger partial charge in [-0.15, -0.1) is 0 Å². The van der Waals surface area contributed by atoms with Crippen LogP contribution in [0.2, 0.25) is 0 Å². The van der Waals surface area contributed by atoms with E-state index in [1.54, 1.807) is 27.7 Å². The summed E-state index contributed by atoms with van der Waals surface area (Å²) in [5.41, 5.74) is 5.21. The van der Waals surface area contributed by atoms with Gasteiger partial charge in [-0.1, -0.05) is 0 Å². The number of rotatable bonds is 9. The van der Waals surface area contributed by atoms with E-state index in [1.807, 2.05) is 0 Å². The number of carbonyl (C=O) groups excluding carboxylic acids is 1. The number of H-pyrrole nitrogens is 1. The van der Waals surface area contributed by atoms with Crippen LogP contribution in [-0.2, 0) is 32.6 Å². The van der Waals surface area contributed by atoms with Crippen molar-refractivity contribution in [3.8, 4) is 0 Å². The lowest BCUT2D eigenvalue weighted by Crippen LogP contribution is -2.40. The molecular weight excluding hydrogens is 461 g/mol. The molecule has 2 unspecified atom stereocenters. The third-order valence-electron chi connectivity index (χ3n) is 4.49. The molecule has 5 atom stereocenters. The quantitative estimate of drug-likeness (QED) is 0.333. The van der Waals surface area contributed by atoms with Gasteiger partial charge in [0.1, 0.15) is 12.2 Å². The molecule has 0 amide bonds. The Morgan fingerprint density at radius 3 is 2.64 bits per heavy atom. The first-order valence-electron chi connectivity index (χ1n) is 10.2. The van der Waals surface area contributed by atoms with Gasteiger partial charge in [0.25, 0.3) is 5.56 Å². The number of nitrogens with zero attached hydrogens (tertiary/aromatic N) is 3. The summed E-state index contributed by atoms with van der Waals surface area (Å²) in [4.78, 5) is 44.5. The predicted octanol–water partition coefficient (Wildman–Crippen LogP) is 0.866. The largest absolute Gasteiger partial charge is 0.472 e. The number of carbonyl (C=O) groups is 1. The Balaban J connectivity index is 1.98. The summed E-state index contributed by atoms with van der Waals surface area (Å²) < 4.78 is 41.1. The van der Waals surface area contributed by atoms with Gasteiger partial charge in [0.2, 0.25) is 5.95 Å². The molecule has 0 spiro atoms. The molecule has 2 aromatic rings. The molecule has 15 heteroatoms. The van der Waals surface area contributed by atoms with Crippen molar-refractivity contribution in [1.82, 2.24) is 19.5 Å². The summed E-state index contributed by atoms with van der Waals surface area (Å²) in [6, 6.07) is 0. The number of nitrogen functional groups attached to an aromatic ring is 1. The first kappa shape index (κ1) is 25.3. The van der Waals surface area contributed by atoms with Crippen LogP contribution in [0.25, 0.3) is 11.2 Å². The number of phosphoric ester groups is 1. The zero-order valence-electron chi connectivity index (χ0n) is 18.8. The van der Waals surface area contributed by atoms with E-state index in [4.69, 9.17) is 29.0 Å². The molecule has 1 aliphatic heterocycles. The number of esters is 1. The molecule has 1 saturated heterocycles. The Morgan fingerprint density at radius 2 is 2.03 bits per heavy atom. The van der Waals surface area contributed by atoms with Crippen LogP contribution in [0.5, 0.6) is 0 Å². The summed E-state index contributed by atoms with van der Waals surface area (Å²) in [6.07, 6.45) is -3.49. The van der Waals surface area contributed by atoms with Crippen molar-refractivity contribution >= 4 is 30.9 Å². The summed E-state index contributed by atoms with van der Waals surface area (Å²) in [5.74, 6) is -0.753. The van der Waals surface area contributed by atoms with Crippen LogP contribution in [0.4, 0.5) is 5.95 Å². The third-order valence-corrected chi connectivity index (χ3v) is 5.65. The monoisotopic (exact) mass is 489 g/mol. The maximum Gasteiger partial charge on any atom is 0.472 e. The minimum Gasteiger partial charge on any atom is -0.455 e. The molecule has 0 bridgehead atoms. The standard InChI is InChI=1S/C18H28N5O9P/c1-8(2)29-13-11(6-28-33(26,27)32-9(3)4)31-17(14(13)30-10(5)24)23-7-20-12-15(23)21-18(19)22-16(12)25/h7-9,11,13-14,17H,6H2,1-5H3,(H,26,27)(H3,19,21,22,25)/t11-,13?,14+,17-/m1/s1. The average Bonchev–Trinajstić information content (AvgIpc) is 3.20. The molecule has 33 heavy (non-hydrogen) atoms. The molecule has 0 aromatic carbocycles. The van der Waals surface area contributed by atoms with Crippen molar-refractivity contribution in [3.63, 3.8) is 0 Å². The van der Waals surface area contributed by atoms with Crippen molar-refractivity contribution in [3.05, 3.63) is 16.7 Å². The second-order valence-corrected chi connectivity index (χ2v) is 9.39. The smallest absolute Gasteiger partial charge is 0.455 e. The minimum absolute atomic E-state index is 0.000551. The van der Waals surface area contributed by atoms with Gasteiger partial charge in [0, 0.05) is 6.92 Å². The number of hydrogen-bond acceptors (Lipinski definition) is 11. The van der Waals surface area contributed by atoms with Gasteiger partial charge < -0.3 is 24.8 Å². The van der Waals surface area contributed by atoms with Crippen molar-refractivity contribution < 1.29 is 37.5 Å². The molecule has 0 radical (unpaired) electrons. The van der Waals surface area contributed by atoms with Gasteiger partial charge in [0.05, 0.1) is 25.1 Å². The average molecular weight is 489 g/mol. The fourth-order valence-electron chi connectivity index (χ4n) is 3.46. The number of aromatic amines is 1. The van der Waals surface area contributed by atoms with Crippen LogP contribution in [0.1, 0.15) is 40.8 Å². The van der Waals surface area contributed by atoms with E-state index in [-0.39, 0.29) is 23.2 Å². The Bertz CT molecular complexity index is 1100. The van der Waals surface area contributed by atoms with Crippen LogP contribution < -0.4 is 11.3 Å². The molecular formula is C18H28N5O9P. The lowest BCUT2D eigenvalue weighted by molar-refractivity contribution is -0.159. The minimum atomic E-state index is -4.38. The number of nitrogens with one attached hydrogen (secondary N) is 1. The molecule has 1 aliphatic rings. The predicted molar refractivity (Wildman–Crippen MR) is 114 cm³/mol. The SMILES string of the molecule is CC(=O)O[C@H]1C(OC(C)C)[C@@H](COP(=O)(O)OC(C)C)O[C@H]1n1cnc2c(=O)[nH]c(N)nc21. The highest BCUT2D eigenvalue weighted by Crippen LogP contribution is 2.46. The summed E-state index contributed by atoms with van der Waals surface area (Å²) in [7, 11) is -4.38. The number of ether oxygens (including phenoxy) is 3. The lowest BCUT2D eigenvalue weighted by Gasteiger charge is -2.26. The van der Waals surface area contributed by atoms with E-state index in [1.165, 1.54) is 17.8 Å². The number of imidazole rings is 1. The summed E-state index contributed by atoms with van der Waals surface area (Å²) in [6.45, 7) is 7.51. The fraction of sp³-hybridized carbons (Fsp3) is 0.667. The number of aromatic nitrogens is 4. The van der Waals surface area contributed by atoms with Crippen molar-refractivity contribution in [2.24, 2.45) is 0 Å². The number of hydrogen-bond donors (Lipinski definition) is 3. The van der Waals surface area contributed by atoms with E-state index < -0.39 is 56.6 Å². The van der Waals surface area contributed by atoms with Crippen LogP contribution in [0.15, 0.2) is 11.1 Å². The van der Waals surface area contributed by atoms with Gasteiger partial charge in [-0.2, -0.15) is 4.98 Å². The second-order valence-electron chi connectivity index (χ2n) is 7.98. The molecule has 4 N–H and O–H groups in total. The van der Waals surface area contributed by atoms with E-state index in [9.17, 15) is 19.0 Å². The van der Waals surface area contributed by atoms with Gasteiger partial charge in [-0.05, 0) is 27.7 Å². The van der Waals surface area contributed by atoms with Crippen molar-refractivity contribution in [1.29, 1.82) is 0 Å². The molecule has 14 nitrogen and oxygen atoms in total. The zero-order chi connectivity index (χ0) is 24.5. The maximum absolute atomic E-state index is 12.2. The molecule has 2 aromatic heterocycles. The Kier molecular flexibility index (Phi) is 7.56. The van der Waals surface area contributed by atoms with Gasteiger partial charge >= 0.3 is 13.8 Å². The molecule has 3 rings (SSSR count). The second kappa shape index (κ2) is 9.87. The van der Waals surface area contributed by atoms with E-state index in [0.29, 0.717) is 0 Å². The van der Waals surface area contributed by atoms with Crippen molar-refractivity contribution in [2.75, 3.05) is 12.3 Å². The van der Waals surface area contributed by atoms with E-state index in [2.05, 4.69) is 15.0 Å². The normalized spacial score (nSPS) is 25.1. The number of nitrogens with two attached hydrogens (primary N) is 1. The van der Waals surface area contributed by atoms with Crippen LogP contribution in [0.3, 0.4) is 0 Å². The van der Waals surface area contributed by atoms with Gasteiger partial charge in [-0.25, -0.2) is 9.55 Å². The van der Waals surface area contributed by atoms with Crippen LogP contribution >= 0.6 is 7.82 Å². The first-order valence-corrected chi connectivity index (χ1v) is 11.7. The van der Waals surface area contributed by atoms with Gasteiger partial charge in [-0.3, -0.25) is 28.2 Å². The van der Waals surface area contributed by atoms with E-state index >= 15 is 0 Å². The molecule has 3 heterocycles. The maximum atomic E-state index is 12.2. The highest BCUT2D eigenvalue weighted by molar-refractivity contribution is 7.47. The van der Waals surface area contributed by atoms with Gasteiger partial charge in [0.15, 0.2) is 23.5 Å². The van der Waals surface area contributed by atoms with Crippen LogP contribution in [0, 0.1) is 0 Å².